The van der Waals surface area contributed by atoms with Gasteiger partial charge in [-0.2, -0.15) is 0 Å². The minimum Gasteiger partial charge on any atom is -0.309 e. The Bertz CT molecular complexity index is 2470. The third kappa shape index (κ3) is 3.49. The summed E-state index contributed by atoms with van der Waals surface area (Å²) in [6, 6.07) is 55.4. The van der Waals surface area contributed by atoms with Crippen molar-refractivity contribution in [1.29, 1.82) is 0 Å². The molecule has 0 unspecified atom stereocenters. The summed E-state index contributed by atoms with van der Waals surface area (Å²) in [6.07, 6.45) is 0. The molecule has 1 heterocycles. The van der Waals surface area contributed by atoms with Crippen LogP contribution in [0.4, 0.5) is 17.1 Å². The maximum atomic E-state index is 2.42. The molecule has 0 aliphatic carbocycles. The van der Waals surface area contributed by atoms with Gasteiger partial charge in [-0.3, -0.25) is 0 Å². The average molecular weight is 552 g/mol. The molecule has 0 fully saturated rings. The van der Waals surface area contributed by atoms with Crippen molar-refractivity contribution in [1.82, 2.24) is 0 Å². The van der Waals surface area contributed by atoms with E-state index in [1.54, 1.807) is 0 Å². The highest BCUT2D eigenvalue weighted by molar-refractivity contribution is 7.26. The summed E-state index contributed by atoms with van der Waals surface area (Å²) in [5, 5.41) is 12.9. The van der Waals surface area contributed by atoms with Crippen molar-refractivity contribution in [3.05, 3.63) is 152 Å². The van der Waals surface area contributed by atoms with Crippen LogP contribution in [-0.2, 0) is 0 Å². The van der Waals surface area contributed by atoms with Crippen molar-refractivity contribution in [3.8, 4) is 0 Å². The molecule has 196 valence electrons. The van der Waals surface area contributed by atoms with Gasteiger partial charge < -0.3 is 4.90 Å². The molecule has 42 heavy (non-hydrogen) atoms. The quantitative estimate of drug-likeness (QED) is 0.197. The zero-order chi connectivity index (χ0) is 27.6. The van der Waals surface area contributed by atoms with Crippen LogP contribution < -0.4 is 4.90 Å². The molecule has 0 radical (unpaired) electrons. The maximum absolute atomic E-state index is 2.42. The van der Waals surface area contributed by atoms with E-state index in [0.717, 1.165) is 11.4 Å². The fourth-order valence-electron chi connectivity index (χ4n) is 6.69. The third-order valence-electron chi connectivity index (χ3n) is 8.61. The Hall–Kier alpha value is -5.18. The molecule has 0 aliphatic heterocycles. The number of anilines is 3. The molecule has 2 heteroatoms. The highest BCUT2D eigenvalue weighted by Gasteiger charge is 2.19. The lowest BCUT2D eigenvalue weighted by atomic mass is 9.96. The molecular formula is C40H25NS. The van der Waals surface area contributed by atoms with E-state index in [9.17, 15) is 0 Å². The van der Waals surface area contributed by atoms with Gasteiger partial charge in [0.15, 0.2) is 0 Å². The first-order valence-electron chi connectivity index (χ1n) is 14.4. The van der Waals surface area contributed by atoms with E-state index in [1.165, 1.54) is 68.9 Å². The van der Waals surface area contributed by atoms with Gasteiger partial charge >= 0.3 is 0 Å². The second kappa shape index (κ2) is 9.17. The number of hydrogen-bond acceptors (Lipinski definition) is 2. The molecule has 0 bridgehead atoms. The van der Waals surface area contributed by atoms with Crippen molar-refractivity contribution in [2.45, 2.75) is 0 Å². The smallest absolute Gasteiger partial charge is 0.0640 e. The summed E-state index contributed by atoms with van der Waals surface area (Å²) in [5.41, 5.74) is 3.51. The van der Waals surface area contributed by atoms with Crippen LogP contribution in [0.2, 0.25) is 0 Å². The van der Waals surface area contributed by atoms with Crippen molar-refractivity contribution < 1.29 is 0 Å². The molecule has 8 aromatic carbocycles. The molecule has 9 aromatic rings. The molecule has 0 saturated carbocycles. The van der Waals surface area contributed by atoms with Crippen LogP contribution in [0.15, 0.2) is 152 Å². The molecule has 9 rings (SSSR count). The Morgan fingerprint density at radius 2 is 1.00 bits per heavy atom. The number of benzene rings is 8. The molecule has 0 saturated heterocycles. The lowest BCUT2D eigenvalue weighted by molar-refractivity contribution is 1.31. The summed E-state index contributed by atoms with van der Waals surface area (Å²) in [6.45, 7) is 0. The van der Waals surface area contributed by atoms with Crippen LogP contribution in [0.1, 0.15) is 0 Å². The van der Waals surface area contributed by atoms with Crippen LogP contribution in [0.3, 0.4) is 0 Å². The van der Waals surface area contributed by atoms with Crippen LogP contribution in [-0.4, -0.2) is 0 Å². The van der Waals surface area contributed by atoms with Gasteiger partial charge in [0, 0.05) is 26.8 Å². The fraction of sp³-hybridized carbons (Fsp3) is 0. The van der Waals surface area contributed by atoms with Crippen LogP contribution in [0.5, 0.6) is 0 Å². The standard InChI is InChI=1S/C40H25NS/c1-2-11-29(12-3-1)41(37-16-8-15-36-39-33-14-7-5-10-27(33)19-24-38(39)42-40(36)37)30-20-23-32-28(25-30)18-22-34-31-13-6-4-9-26(31)17-21-35(32)34/h1-25H. The molecule has 0 aliphatic rings. The number of thiophene rings is 1. The first-order valence-corrected chi connectivity index (χ1v) is 15.2. The molecule has 0 N–H and O–H groups in total. The second-order valence-electron chi connectivity index (χ2n) is 10.9. The van der Waals surface area contributed by atoms with Gasteiger partial charge in [0.25, 0.3) is 0 Å². The first kappa shape index (κ1) is 23.5. The first-order chi connectivity index (χ1) is 20.8. The van der Waals surface area contributed by atoms with E-state index >= 15 is 0 Å². The summed E-state index contributed by atoms with van der Waals surface area (Å²) in [5.74, 6) is 0. The zero-order valence-electron chi connectivity index (χ0n) is 22.8. The lowest BCUT2D eigenvalue weighted by Crippen LogP contribution is -2.09. The molecule has 1 aromatic heterocycles. The normalized spacial score (nSPS) is 11.8. The van der Waals surface area contributed by atoms with Crippen LogP contribution in [0, 0.1) is 0 Å². The summed E-state index contributed by atoms with van der Waals surface area (Å²) < 4.78 is 2.62. The zero-order valence-corrected chi connectivity index (χ0v) is 23.6. The Morgan fingerprint density at radius 3 is 1.83 bits per heavy atom. The van der Waals surface area contributed by atoms with Gasteiger partial charge in [-0.15, -0.1) is 11.3 Å². The van der Waals surface area contributed by atoms with E-state index in [1.807, 2.05) is 11.3 Å². The number of nitrogens with zero attached hydrogens (tertiary/aromatic N) is 1. The van der Waals surface area contributed by atoms with Crippen molar-refractivity contribution in [2.24, 2.45) is 0 Å². The Kier molecular flexibility index (Phi) is 5.13. The maximum Gasteiger partial charge on any atom is 0.0640 e. The van der Waals surface area contributed by atoms with Gasteiger partial charge in [-0.1, -0.05) is 115 Å². The van der Waals surface area contributed by atoms with Gasteiger partial charge in [0.05, 0.1) is 10.4 Å². The predicted molar refractivity (Wildman–Crippen MR) is 184 cm³/mol. The van der Waals surface area contributed by atoms with Crippen LogP contribution >= 0.6 is 11.3 Å². The van der Waals surface area contributed by atoms with Gasteiger partial charge in [-0.25, -0.2) is 0 Å². The largest absolute Gasteiger partial charge is 0.309 e. The van der Waals surface area contributed by atoms with E-state index < -0.39 is 0 Å². The van der Waals surface area contributed by atoms with E-state index in [0.29, 0.717) is 0 Å². The highest BCUT2D eigenvalue weighted by Crippen LogP contribution is 2.47. The topological polar surface area (TPSA) is 3.24 Å². The summed E-state index contributed by atoms with van der Waals surface area (Å²) in [7, 11) is 0. The molecule has 0 atom stereocenters. The summed E-state index contributed by atoms with van der Waals surface area (Å²) >= 11 is 1.89. The third-order valence-corrected chi connectivity index (χ3v) is 9.80. The number of fused-ring (bicyclic) bond motifs is 10. The molecule has 0 amide bonds. The minimum atomic E-state index is 1.15. The number of hydrogen-bond donors (Lipinski definition) is 0. The Balaban J connectivity index is 1.30. The van der Waals surface area contributed by atoms with E-state index in [4.69, 9.17) is 0 Å². The molecule has 0 spiro atoms. The monoisotopic (exact) mass is 551 g/mol. The van der Waals surface area contributed by atoms with E-state index in [-0.39, 0.29) is 0 Å². The van der Waals surface area contributed by atoms with Crippen molar-refractivity contribution in [3.63, 3.8) is 0 Å². The predicted octanol–water partition coefficient (Wildman–Crippen LogP) is 12.1. The highest BCUT2D eigenvalue weighted by atomic mass is 32.1. The van der Waals surface area contributed by atoms with Crippen molar-refractivity contribution in [2.75, 3.05) is 4.90 Å². The minimum absolute atomic E-state index is 1.15. The Labute approximate surface area is 247 Å². The number of para-hydroxylation sites is 1. The summed E-state index contributed by atoms with van der Waals surface area (Å²) in [4.78, 5) is 2.42. The van der Waals surface area contributed by atoms with Crippen molar-refractivity contribution >= 4 is 91.7 Å². The number of rotatable bonds is 3. The fourth-order valence-corrected chi connectivity index (χ4v) is 7.91. The van der Waals surface area contributed by atoms with Gasteiger partial charge in [0.2, 0.25) is 0 Å². The average Bonchev–Trinajstić information content (AvgIpc) is 3.45. The molecule has 1 nitrogen and oxygen atoms in total. The van der Waals surface area contributed by atoms with Crippen LogP contribution in [0.25, 0.3) is 63.3 Å². The van der Waals surface area contributed by atoms with Gasteiger partial charge in [0.1, 0.15) is 0 Å². The molecular weight excluding hydrogens is 527 g/mol. The van der Waals surface area contributed by atoms with Gasteiger partial charge in [-0.05, 0) is 79.5 Å². The SMILES string of the molecule is c1ccc(N(c2ccc3c(ccc4c5ccccc5ccc34)c2)c2cccc3c2sc2ccc4ccccc4c23)cc1. The van der Waals surface area contributed by atoms with E-state index in [2.05, 4.69) is 157 Å². The lowest BCUT2D eigenvalue weighted by Gasteiger charge is -2.26. The second-order valence-corrected chi connectivity index (χ2v) is 12.0. The Morgan fingerprint density at radius 1 is 0.381 bits per heavy atom.